The Bertz CT molecular complexity index is 524. The normalized spacial score (nSPS) is 32.6. The van der Waals surface area contributed by atoms with Gasteiger partial charge in [-0.2, -0.15) is 0 Å². The van der Waals surface area contributed by atoms with Crippen molar-refractivity contribution in [3.8, 4) is 0 Å². The largest absolute Gasteiger partial charge is 0.327 e. The zero-order chi connectivity index (χ0) is 13.5. The van der Waals surface area contributed by atoms with Gasteiger partial charge in [-0.3, -0.25) is 0 Å². The van der Waals surface area contributed by atoms with Gasteiger partial charge in [0.2, 0.25) is 0 Å². The van der Waals surface area contributed by atoms with Crippen LogP contribution in [0.15, 0.2) is 60.7 Å². The van der Waals surface area contributed by atoms with Gasteiger partial charge in [0.1, 0.15) is 0 Å². The average molecular weight is 263 g/mol. The maximum atomic E-state index is 6.54. The molecule has 0 aromatic heterocycles. The molecule has 1 heteroatoms. The second-order valence-corrected chi connectivity index (χ2v) is 6.41. The molecule has 0 saturated heterocycles. The fourth-order valence-electron chi connectivity index (χ4n) is 3.76. The van der Waals surface area contributed by atoms with Gasteiger partial charge in [-0.1, -0.05) is 60.7 Å². The van der Waals surface area contributed by atoms with Crippen molar-refractivity contribution in [1.82, 2.24) is 0 Å². The SMILES string of the molecule is NC(C1CC1c1ccccc1)C1CC1c1ccccc1. The van der Waals surface area contributed by atoms with Crippen LogP contribution in [0, 0.1) is 11.8 Å². The summed E-state index contributed by atoms with van der Waals surface area (Å²) in [5, 5.41) is 0. The van der Waals surface area contributed by atoms with E-state index >= 15 is 0 Å². The van der Waals surface area contributed by atoms with Crippen molar-refractivity contribution < 1.29 is 0 Å². The molecule has 4 atom stereocenters. The van der Waals surface area contributed by atoms with E-state index in [1.54, 1.807) is 0 Å². The Balaban J connectivity index is 1.40. The lowest BCUT2D eigenvalue weighted by Gasteiger charge is -2.11. The summed E-state index contributed by atoms with van der Waals surface area (Å²) in [6, 6.07) is 22.1. The summed E-state index contributed by atoms with van der Waals surface area (Å²) in [6.45, 7) is 0. The van der Waals surface area contributed by atoms with Crippen molar-refractivity contribution in [2.75, 3.05) is 0 Å². The van der Waals surface area contributed by atoms with E-state index in [2.05, 4.69) is 60.7 Å². The van der Waals surface area contributed by atoms with Gasteiger partial charge in [0.05, 0.1) is 0 Å². The van der Waals surface area contributed by atoms with Gasteiger partial charge in [-0.25, -0.2) is 0 Å². The molecule has 2 aromatic rings. The van der Waals surface area contributed by atoms with E-state index in [0.29, 0.717) is 29.7 Å². The van der Waals surface area contributed by atoms with E-state index in [-0.39, 0.29) is 0 Å². The van der Waals surface area contributed by atoms with E-state index in [4.69, 9.17) is 5.73 Å². The molecule has 2 aliphatic carbocycles. The Labute approximate surface area is 120 Å². The van der Waals surface area contributed by atoms with Crippen LogP contribution in [0.3, 0.4) is 0 Å². The molecule has 0 amide bonds. The second-order valence-electron chi connectivity index (χ2n) is 6.41. The predicted molar refractivity (Wildman–Crippen MR) is 82.6 cm³/mol. The Morgan fingerprint density at radius 1 is 0.700 bits per heavy atom. The highest BCUT2D eigenvalue weighted by atomic mass is 14.8. The van der Waals surface area contributed by atoms with E-state index in [1.807, 2.05) is 0 Å². The summed E-state index contributed by atoms with van der Waals surface area (Å²) in [4.78, 5) is 0. The molecule has 102 valence electrons. The highest BCUT2D eigenvalue weighted by Crippen LogP contribution is 2.58. The second kappa shape index (κ2) is 4.75. The Kier molecular flexibility index (Phi) is 2.89. The van der Waals surface area contributed by atoms with Crippen LogP contribution in [0.2, 0.25) is 0 Å². The summed E-state index contributed by atoms with van der Waals surface area (Å²) in [7, 11) is 0. The molecule has 4 rings (SSSR count). The topological polar surface area (TPSA) is 26.0 Å². The van der Waals surface area contributed by atoms with Crippen LogP contribution in [0.25, 0.3) is 0 Å². The maximum Gasteiger partial charge on any atom is 0.0108 e. The minimum Gasteiger partial charge on any atom is -0.327 e. The van der Waals surface area contributed by atoms with Crippen molar-refractivity contribution >= 4 is 0 Å². The molecule has 20 heavy (non-hydrogen) atoms. The molecule has 4 unspecified atom stereocenters. The Morgan fingerprint density at radius 2 is 1.10 bits per heavy atom. The summed E-state index contributed by atoms with van der Waals surface area (Å²) >= 11 is 0. The summed E-state index contributed by atoms with van der Waals surface area (Å²) < 4.78 is 0. The van der Waals surface area contributed by atoms with Crippen molar-refractivity contribution in [3.05, 3.63) is 71.8 Å². The van der Waals surface area contributed by atoms with Crippen LogP contribution in [0.1, 0.15) is 35.8 Å². The zero-order valence-corrected chi connectivity index (χ0v) is 11.7. The van der Waals surface area contributed by atoms with Crippen molar-refractivity contribution in [3.63, 3.8) is 0 Å². The van der Waals surface area contributed by atoms with Gasteiger partial charge >= 0.3 is 0 Å². The van der Waals surface area contributed by atoms with Crippen LogP contribution < -0.4 is 5.73 Å². The monoisotopic (exact) mass is 263 g/mol. The Morgan fingerprint density at radius 3 is 1.50 bits per heavy atom. The van der Waals surface area contributed by atoms with Crippen LogP contribution >= 0.6 is 0 Å². The molecular weight excluding hydrogens is 242 g/mol. The molecule has 2 fully saturated rings. The first-order valence-electron chi connectivity index (χ1n) is 7.70. The van der Waals surface area contributed by atoms with Gasteiger partial charge in [0, 0.05) is 6.04 Å². The van der Waals surface area contributed by atoms with Gasteiger partial charge in [-0.05, 0) is 47.6 Å². The molecule has 2 aromatic carbocycles. The van der Waals surface area contributed by atoms with Crippen molar-refractivity contribution in [1.29, 1.82) is 0 Å². The molecule has 2 aliphatic rings. The van der Waals surface area contributed by atoms with Crippen LogP contribution in [-0.2, 0) is 0 Å². The number of hydrogen-bond donors (Lipinski definition) is 1. The fraction of sp³-hybridized carbons (Fsp3) is 0.368. The lowest BCUT2D eigenvalue weighted by atomic mass is 9.99. The minimum atomic E-state index is 0.380. The number of rotatable bonds is 4. The molecule has 0 aliphatic heterocycles. The molecule has 1 nitrogen and oxygen atoms in total. The number of hydrogen-bond acceptors (Lipinski definition) is 1. The molecule has 0 heterocycles. The standard InChI is InChI=1S/C19H21N/c20-19(17-11-15(17)13-7-3-1-4-8-13)18-12-16(18)14-9-5-2-6-10-14/h1-10,15-19H,11-12,20H2. The van der Waals surface area contributed by atoms with Gasteiger partial charge in [0.25, 0.3) is 0 Å². The smallest absolute Gasteiger partial charge is 0.0108 e. The minimum absolute atomic E-state index is 0.380. The third kappa shape index (κ3) is 2.16. The third-order valence-electron chi connectivity index (χ3n) is 5.12. The highest BCUT2D eigenvalue weighted by molar-refractivity contribution is 5.30. The first kappa shape index (κ1) is 12.2. The lowest BCUT2D eigenvalue weighted by Crippen LogP contribution is -2.26. The number of benzene rings is 2. The number of nitrogens with two attached hydrogens (primary N) is 1. The fourth-order valence-corrected chi connectivity index (χ4v) is 3.76. The van der Waals surface area contributed by atoms with Crippen molar-refractivity contribution in [2.45, 2.75) is 30.7 Å². The van der Waals surface area contributed by atoms with E-state index < -0.39 is 0 Å². The van der Waals surface area contributed by atoms with Gasteiger partial charge < -0.3 is 5.73 Å². The summed E-state index contributed by atoms with van der Waals surface area (Å²) in [5.41, 5.74) is 9.49. The zero-order valence-electron chi connectivity index (χ0n) is 11.7. The molecule has 0 spiro atoms. The van der Waals surface area contributed by atoms with Gasteiger partial charge in [0.15, 0.2) is 0 Å². The van der Waals surface area contributed by atoms with Crippen LogP contribution in [0.5, 0.6) is 0 Å². The van der Waals surface area contributed by atoms with Gasteiger partial charge in [-0.15, -0.1) is 0 Å². The molecule has 0 radical (unpaired) electrons. The first-order valence-corrected chi connectivity index (χ1v) is 7.70. The van der Waals surface area contributed by atoms with Crippen LogP contribution in [0.4, 0.5) is 0 Å². The average Bonchev–Trinajstić information content (AvgIpc) is 3.40. The van der Waals surface area contributed by atoms with E-state index in [1.165, 1.54) is 24.0 Å². The Hall–Kier alpha value is -1.60. The molecular formula is C19H21N. The molecule has 0 bridgehead atoms. The molecule has 2 N–H and O–H groups in total. The highest BCUT2D eigenvalue weighted by Gasteiger charge is 2.52. The lowest BCUT2D eigenvalue weighted by molar-refractivity contribution is 0.510. The summed E-state index contributed by atoms with van der Waals surface area (Å²) in [6.07, 6.45) is 2.56. The quantitative estimate of drug-likeness (QED) is 0.889. The molecule has 2 saturated carbocycles. The first-order chi connectivity index (χ1) is 9.84. The summed E-state index contributed by atoms with van der Waals surface area (Å²) in [5.74, 6) is 2.83. The van der Waals surface area contributed by atoms with E-state index in [9.17, 15) is 0 Å². The predicted octanol–water partition coefficient (Wildman–Crippen LogP) is 3.92. The van der Waals surface area contributed by atoms with Crippen molar-refractivity contribution in [2.24, 2.45) is 17.6 Å². The van der Waals surface area contributed by atoms with Crippen LogP contribution in [-0.4, -0.2) is 6.04 Å². The maximum absolute atomic E-state index is 6.54. The van der Waals surface area contributed by atoms with E-state index in [0.717, 1.165) is 0 Å². The third-order valence-corrected chi connectivity index (χ3v) is 5.12.